The van der Waals surface area contributed by atoms with Crippen molar-refractivity contribution in [2.45, 2.75) is 38.8 Å². The summed E-state index contributed by atoms with van der Waals surface area (Å²) >= 11 is 0. The van der Waals surface area contributed by atoms with Crippen LogP contribution in [0.3, 0.4) is 0 Å². The fourth-order valence-corrected chi connectivity index (χ4v) is 2.06. The summed E-state index contributed by atoms with van der Waals surface area (Å²) in [6.07, 6.45) is 8.18. The molecule has 1 aliphatic heterocycles. The highest BCUT2D eigenvalue weighted by Gasteiger charge is 2.20. The molecule has 0 saturated heterocycles. The van der Waals surface area contributed by atoms with Crippen LogP contribution in [0.4, 0.5) is 0 Å². The molecular weight excluding hydrogens is 243 g/mol. The summed E-state index contributed by atoms with van der Waals surface area (Å²) in [5.41, 5.74) is 1.18. The molecule has 0 unspecified atom stereocenters. The minimum Gasteiger partial charge on any atom is -0.459 e. The Balaban J connectivity index is 1.85. The maximum Gasteiger partial charge on any atom is 0.458 e. The lowest BCUT2D eigenvalue weighted by atomic mass is 9.82. The van der Waals surface area contributed by atoms with Crippen molar-refractivity contribution in [3.8, 4) is 0 Å². The molecule has 102 valence electrons. The molecule has 2 rings (SSSR count). The van der Waals surface area contributed by atoms with Crippen molar-refractivity contribution in [3.63, 3.8) is 0 Å². The molecule has 0 radical (unpaired) electrons. The molecule has 0 fully saturated rings. The van der Waals surface area contributed by atoms with Gasteiger partial charge in [0.15, 0.2) is 0 Å². The number of hydrogen-bond acceptors (Lipinski definition) is 4. The van der Waals surface area contributed by atoms with Gasteiger partial charge in [-0.2, -0.15) is 0 Å². The molecule has 4 nitrogen and oxygen atoms in total. The van der Waals surface area contributed by atoms with E-state index in [0.717, 1.165) is 18.6 Å². The van der Waals surface area contributed by atoms with E-state index < -0.39 is 7.12 Å². The second-order valence-corrected chi connectivity index (χ2v) is 4.78. The zero-order valence-electron chi connectivity index (χ0n) is 11.1. The van der Waals surface area contributed by atoms with Crippen LogP contribution in [-0.2, 0) is 11.3 Å². The largest absolute Gasteiger partial charge is 0.459 e. The molecule has 0 aromatic carbocycles. The number of allylic oxidation sites excluding steroid dienone is 2. The topological polar surface area (TPSA) is 62.8 Å². The van der Waals surface area contributed by atoms with Crippen LogP contribution < -0.4 is 0 Å². The molecule has 0 saturated carbocycles. The van der Waals surface area contributed by atoms with Gasteiger partial charge in [0.1, 0.15) is 18.1 Å². The molecule has 2 N–H and O–H groups in total. The highest BCUT2D eigenvalue weighted by atomic mass is 16.5. The third kappa shape index (κ3) is 4.38. The van der Waals surface area contributed by atoms with Gasteiger partial charge < -0.3 is 19.2 Å². The second kappa shape index (κ2) is 6.75. The Labute approximate surface area is 113 Å². The summed E-state index contributed by atoms with van der Waals surface area (Å²) in [5.74, 6) is 1.32. The molecule has 5 heteroatoms. The smallest absolute Gasteiger partial charge is 0.458 e. The first-order valence-electron chi connectivity index (χ1n) is 6.54. The third-order valence-electron chi connectivity index (χ3n) is 3.07. The predicted molar refractivity (Wildman–Crippen MR) is 74.3 cm³/mol. The number of aliphatic hydroxyl groups excluding tert-OH is 1. The minimum atomic E-state index is -0.670. The van der Waals surface area contributed by atoms with Gasteiger partial charge in [-0.3, -0.25) is 0 Å². The van der Waals surface area contributed by atoms with Crippen LogP contribution in [0.25, 0.3) is 6.08 Å². The van der Waals surface area contributed by atoms with Gasteiger partial charge in [-0.05, 0) is 38.0 Å². The van der Waals surface area contributed by atoms with E-state index in [4.69, 9.17) is 14.2 Å². The normalized spacial score (nSPS) is 20.1. The molecule has 1 aromatic heterocycles. The van der Waals surface area contributed by atoms with E-state index in [0.29, 0.717) is 12.1 Å². The molecule has 1 aromatic rings. The van der Waals surface area contributed by atoms with Gasteiger partial charge in [0.25, 0.3) is 0 Å². The Hall–Kier alpha value is -1.30. The van der Waals surface area contributed by atoms with Gasteiger partial charge in [-0.15, -0.1) is 0 Å². The highest BCUT2D eigenvalue weighted by Crippen LogP contribution is 2.18. The fourth-order valence-electron chi connectivity index (χ4n) is 2.06. The molecule has 0 aliphatic carbocycles. The van der Waals surface area contributed by atoms with Gasteiger partial charge in [0.2, 0.25) is 0 Å². The number of hydrogen-bond donors (Lipinski definition) is 2. The Bertz CT molecular complexity index is 464. The van der Waals surface area contributed by atoms with E-state index in [1.165, 1.54) is 5.57 Å². The van der Waals surface area contributed by atoms with E-state index in [-0.39, 0.29) is 12.7 Å². The van der Waals surface area contributed by atoms with Crippen LogP contribution in [0.5, 0.6) is 0 Å². The van der Waals surface area contributed by atoms with Gasteiger partial charge in [0, 0.05) is 6.32 Å². The van der Waals surface area contributed by atoms with Gasteiger partial charge in [0.05, 0.1) is 6.10 Å². The zero-order chi connectivity index (χ0) is 13.7. The summed E-state index contributed by atoms with van der Waals surface area (Å²) in [5, 5.41) is 18.3. The molecule has 1 atom stereocenters. The molecular formula is C14H19BO4. The highest BCUT2D eigenvalue weighted by molar-refractivity contribution is 6.43. The molecule has 19 heavy (non-hydrogen) atoms. The SMILES string of the molecule is C/C(=C\c1ccc(CO)o1)CC[C@@H]1C=CCB(O)O1. The summed E-state index contributed by atoms with van der Waals surface area (Å²) in [6.45, 7) is 1.95. The molecule has 0 amide bonds. The summed E-state index contributed by atoms with van der Waals surface area (Å²) in [7, 11) is -0.670. The molecule has 0 spiro atoms. The van der Waals surface area contributed by atoms with Gasteiger partial charge in [-0.1, -0.05) is 17.7 Å². The van der Waals surface area contributed by atoms with Crippen molar-refractivity contribution in [2.75, 3.05) is 0 Å². The number of furan rings is 1. The summed E-state index contributed by atoms with van der Waals surface area (Å²) in [6, 6.07) is 3.61. The minimum absolute atomic E-state index is 0.0169. The van der Waals surface area contributed by atoms with Crippen molar-refractivity contribution < 1.29 is 19.2 Å². The van der Waals surface area contributed by atoms with Crippen molar-refractivity contribution >= 4 is 13.2 Å². The first-order valence-corrected chi connectivity index (χ1v) is 6.54. The lowest BCUT2D eigenvalue weighted by molar-refractivity contribution is 0.192. The van der Waals surface area contributed by atoms with E-state index >= 15 is 0 Å². The van der Waals surface area contributed by atoms with Crippen molar-refractivity contribution in [1.82, 2.24) is 0 Å². The average molecular weight is 262 g/mol. The van der Waals surface area contributed by atoms with E-state index in [1.54, 1.807) is 6.07 Å². The molecule has 1 aliphatic rings. The zero-order valence-corrected chi connectivity index (χ0v) is 11.1. The van der Waals surface area contributed by atoms with Crippen LogP contribution in [-0.4, -0.2) is 23.4 Å². The lowest BCUT2D eigenvalue weighted by Crippen LogP contribution is -2.27. The van der Waals surface area contributed by atoms with Crippen molar-refractivity contribution in [3.05, 3.63) is 41.4 Å². The molecule has 2 heterocycles. The monoisotopic (exact) mass is 262 g/mol. The van der Waals surface area contributed by atoms with Crippen LogP contribution in [0, 0.1) is 0 Å². The van der Waals surface area contributed by atoms with E-state index in [1.807, 2.05) is 31.2 Å². The van der Waals surface area contributed by atoms with Crippen LogP contribution in [0.2, 0.25) is 6.32 Å². The van der Waals surface area contributed by atoms with E-state index in [9.17, 15) is 5.02 Å². The van der Waals surface area contributed by atoms with Crippen LogP contribution in [0.15, 0.2) is 34.3 Å². The Morgan fingerprint density at radius 3 is 3.05 bits per heavy atom. The third-order valence-corrected chi connectivity index (χ3v) is 3.07. The van der Waals surface area contributed by atoms with Gasteiger partial charge >= 0.3 is 7.12 Å². The maximum absolute atomic E-state index is 9.38. The second-order valence-electron chi connectivity index (χ2n) is 4.78. The van der Waals surface area contributed by atoms with Crippen LogP contribution >= 0.6 is 0 Å². The summed E-state index contributed by atoms with van der Waals surface area (Å²) in [4.78, 5) is 0. The first kappa shape index (κ1) is 14.1. The van der Waals surface area contributed by atoms with Crippen molar-refractivity contribution in [2.24, 2.45) is 0 Å². The fraction of sp³-hybridized carbons (Fsp3) is 0.429. The molecule has 0 bridgehead atoms. The summed E-state index contributed by atoms with van der Waals surface area (Å²) < 4.78 is 10.8. The first-order chi connectivity index (χ1) is 9.17. The lowest BCUT2D eigenvalue weighted by Gasteiger charge is -2.20. The van der Waals surface area contributed by atoms with Crippen LogP contribution in [0.1, 0.15) is 31.3 Å². The van der Waals surface area contributed by atoms with Crippen molar-refractivity contribution in [1.29, 1.82) is 0 Å². The average Bonchev–Trinajstić information content (AvgIpc) is 2.84. The number of aliphatic hydroxyl groups is 1. The predicted octanol–water partition coefficient (Wildman–Crippen LogP) is 2.39. The maximum atomic E-state index is 9.38. The standard InChI is InChI=1S/C14H19BO4/c1-11(9-13-6-7-14(10-16)18-13)4-5-12-3-2-8-15(17)19-12/h2-3,6-7,9,12,16-17H,4-5,8,10H2,1H3/b11-9+/t12-/m0/s1. The Morgan fingerprint density at radius 2 is 2.37 bits per heavy atom. The van der Waals surface area contributed by atoms with Gasteiger partial charge in [-0.25, -0.2) is 0 Å². The Morgan fingerprint density at radius 1 is 1.53 bits per heavy atom. The quantitative estimate of drug-likeness (QED) is 0.631. The number of rotatable bonds is 5. The Kier molecular flexibility index (Phi) is 5.02. The van der Waals surface area contributed by atoms with E-state index in [2.05, 4.69) is 0 Å².